The second-order valence-electron chi connectivity index (χ2n) is 7.76. The van der Waals surface area contributed by atoms with Gasteiger partial charge in [-0.2, -0.15) is 17.5 Å². The van der Waals surface area contributed by atoms with Crippen molar-refractivity contribution in [3.05, 3.63) is 101 Å². The van der Waals surface area contributed by atoms with Crippen LogP contribution in [0.1, 0.15) is 28.4 Å². The normalized spacial score (nSPS) is 17.4. The maximum Gasteiger partial charge on any atom is 0.416 e. The van der Waals surface area contributed by atoms with Crippen molar-refractivity contribution in [1.29, 1.82) is 0 Å². The first-order valence-electron chi connectivity index (χ1n) is 10.1. The van der Waals surface area contributed by atoms with Gasteiger partial charge in [0.25, 0.3) is 0 Å². The minimum Gasteiger partial charge on any atom is -0.357 e. The Labute approximate surface area is 183 Å². The quantitative estimate of drug-likeness (QED) is 0.441. The molecule has 1 aliphatic heterocycles. The first-order valence-corrected chi connectivity index (χ1v) is 11.5. The van der Waals surface area contributed by atoms with Crippen molar-refractivity contribution in [3.63, 3.8) is 0 Å². The number of halogens is 3. The monoisotopic (exact) mass is 456 g/mol. The maximum absolute atomic E-state index is 13.6. The molecular weight excluding hydrogens is 437 g/mol. The fourth-order valence-corrected chi connectivity index (χ4v) is 6.00. The van der Waals surface area contributed by atoms with Crippen LogP contribution >= 0.6 is 0 Å². The summed E-state index contributed by atoms with van der Waals surface area (Å²) in [4.78, 5) is 3.48. The molecule has 0 saturated heterocycles. The van der Waals surface area contributed by atoms with E-state index in [2.05, 4.69) is 4.98 Å². The van der Waals surface area contributed by atoms with Gasteiger partial charge in [0, 0.05) is 23.1 Å². The molecule has 2 heterocycles. The van der Waals surface area contributed by atoms with Crippen LogP contribution in [0.3, 0.4) is 0 Å². The summed E-state index contributed by atoms with van der Waals surface area (Å²) in [5.41, 5.74) is 2.26. The Morgan fingerprint density at radius 2 is 1.53 bits per heavy atom. The molecule has 164 valence electrons. The number of nitrogens with zero attached hydrogens (tertiary/aromatic N) is 1. The molecule has 0 fully saturated rings. The van der Waals surface area contributed by atoms with Crippen LogP contribution in [-0.4, -0.2) is 24.3 Å². The van der Waals surface area contributed by atoms with E-state index >= 15 is 0 Å². The number of nitrogens with one attached hydrogen (secondary N) is 1. The van der Waals surface area contributed by atoms with Crippen LogP contribution in [0.5, 0.6) is 0 Å². The van der Waals surface area contributed by atoms with Crippen LogP contribution in [-0.2, 0) is 22.6 Å². The van der Waals surface area contributed by atoms with E-state index in [0.29, 0.717) is 17.7 Å². The van der Waals surface area contributed by atoms with Crippen molar-refractivity contribution < 1.29 is 21.6 Å². The highest BCUT2D eigenvalue weighted by atomic mass is 32.2. The Hall–Kier alpha value is -3.10. The van der Waals surface area contributed by atoms with Gasteiger partial charge in [-0.05, 0) is 47.9 Å². The van der Waals surface area contributed by atoms with E-state index in [-0.39, 0.29) is 11.4 Å². The van der Waals surface area contributed by atoms with Crippen LogP contribution in [0.2, 0.25) is 0 Å². The summed E-state index contributed by atoms with van der Waals surface area (Å²) < 4.78 is 67.8. The zero-order valence-corrected chi connectivity index (χ0v) is 17.6. The van der Waals surface area contributed by atoms with Crippen LogP contribution in [0, 0.1) is 0 Å². The fourth-order valence-electron chi connectivity index (χ4n) is 4.39. The van der Waals surface area contributed by atoms with E-state index in [4.69, 9.17) is 0 Å². The van der Waals surface area contributed by atoms with Gasteiger partial charge < -0.3 is 4.98 Å². The summed E-state index contributed by atoms with van der Waals surface area (Å²) in [6.45, 7) is 0.220. The molecule has 5 rings (SSSR count). The number of alkyl halides is 3. The van der Waals surface area contributed by atoms with Gasteiger partial charge in [-0.3, -0.25) is 0 Å². The van der Waals surface area contributed by atoms with Gasteiger partial charge in [0.05, 0.1) is 16.5 Å². The van der Waals surface area contributed by atoms with E-state index in [1.54, 1.807) is 18.2 Å². The molecule has 0 saturated carbocycles. The highest BCUT2D eigenvalue weighted by Gasteiger charge is 2.39. The number of H-pyrrole nitrogens is 1. The largest absolute Gasteiger partial charge is 0.416 e. The first kappa shape index (κ1) is 20.8. The van der Waals surface area contributed by atoms with Gasteiger partial charge in [0.2, 0.25) is 10.0 Å². The van der Waals surface area contributed by atoms with Crippen molar-refractivity contribution in [2.24, 2.45) is 0 Å². The zero-order chi connectivity index (χ0) is 22.5. The van der Waals surface area contributed by atoms with Gasteiger partial charge in [0.15, 0.2) is 0 Å². The number of hydrogen-bond donors (Lipinski definition) is 1. The Balaban J connectivity index is 1.69. The summed E-state index contributed by atoms with van der Waals surface area (Å²) in [5.74, 6) is 0. The molecule has 0 aliphatic carbocycles. The molecule has 0 radical (unpaired) electrons. The number of fused-ring (bicyclic) bond motifs is 3. The average molecular weight is 456 g/mol. The Morgan fingerprint density at radius 3 is 2.22 bits per heavy atom. The second kappa shape index (κ2) is 7.50. The van der Waals surface area contributed by atoms with E-state index in [1.165, 1.54) is 28.6 Å². The highest BCUT2D eigenvalue weighted by molar-refractivity contribution is 7.89. The van der Waals surface area contributed by atoms with Gasteiger partial charge in [-0.1, -0.05) is 48.5 Å². The number of aromatic amines is 1. The second-order valence-corrected chi connectivity index (χ2v) is 9.65. The molecule has 1 unspecified atom stereocenters. The topological polar surface area (TPSA) is 53.2 Å². The molecule has 1 aromatic heterocycles. The van der Waals surface area contributed by atoms with Crippen molar-refractivity contribution in [2.45, 2.75) is 23.5 Å². The van der Waals surface area contributed by atoms with Gasteiger partial charge in [0.1, 0.15) is 0 Å². The zero-order valence-electron chi connectivity index (χ0n) is 16.8. The number of sulfonamides is 1. The predicted molar refractivity (Wildman–Crippen MR) is 116 cm³/mol. The van der Waals surface area contributed by atoms with Crippen LogP contribution in [0.25, 0.3) is 10.9 Å². The third-order valence-corrected chi connectivity index (χ3v) is 7.77. The third kappa shape index (κ3) is 3.40. The molecule has 1 atom stereocenters. The Bertz CT molecular complexity index is 1380. The number of hydrogen-bond acceptors (Lipinski definition) is 2. The molecule has 0 amide bonds. The van der Waals surface area contributed by atoms with Crippen molar-refractivity contribution >= 4 is 20.9 Å². The Morgan fingerprint density at radius 1 is 0.875 bits per heavy atom. The third-order valence-electron chi connectivity index (χ3n) is 5.89. The number of aromatic nitrogens is 1. The molecule has 1 N–H and O–H groups in total. The summed E-state index contributed by atoms with van der Waals surface area (Å²) in [7, 11) is -3.89. The molecule has 8 heteroatoms. The standard InChI is InChI=1S/C24H19F3N2O2S/c25-24(26,27)17-12-10-16(11-13-17)23-22-20(19-8-4-5-9-21(19)28-22)14-15-29(23)32(30,31)18-6-2-1-3-7-18/h1-13,23,28H,14-15H2. The lowest BCUT2D eigenvalue weighted by Gasteiger charge is -2.35. The van der Waals surface area contributed by atoms with E-state index in [0.717, 1.165) is 28.6 Å². The van der Waals surface area contributed by atoms with Crippen molar-refractivity contribution in [1.82, 2.24) is 9.29 Å². The molecule has 4 nitrogen and oxygen atoms in total. The number of benzene rings is 3. The lowest BCUT2D eigenvalue weighted by atomic mass is 9.94. The molecular formula is C24H19F3N2O2S. The molecule has 0 bridgehead atoms. The van der Waals surface area contributed by atoms with Crippen LogP contribution < -0.4 is 0 Å². The minimum atomic E-state index is -4.47. The Kier molecular flexibility index (Phi) is 4.87. The van der Waals surface area contributed by atoms with E-state index < -0.39 is 27.8 Å². The van der Waals surface area contributed by atoms with E-state index in [1.807, 2.05) is 24.3 Å². The molecule has 4 aromatic rings. The molecule has 32 heavy (non-hydrogen) atoms. The predicted octanol–water partition coefficient (Wildman–Crippen LogP) is 5.52. The smallest absolute Gasteiger partial charge is 0.357 e. The van der Waals surface area contributed by atoms with Gasteiger partial charge in [-0.15, -0.1) is 0 Å². The number of para-hydroxylation sites is 1. The van der Waals surface area contributed by atoms with Crippen molar-refractivity contribution in [3.8, 4) is 0 Å². The SMILES string of the molecule is O=S(=O)(c1ccccc1)N1CCc2c([nH]c3ccccc23)C1c1ccc(C(F)(F)F)cc1. The first-order chi connectivity index (χ1) is 15.3. The molecule has 3 aromatic carbocycles. The van der Waals surface area contributed by atoms with Gasteiger partial charge >= 0.3 is 6.18 Å². The van der Waals surface area contributed by atoms with Gasteiger partial charge in [-0.25, -0.2) is 8.42 Å². The molecule has 1 aliphatic rings. The van der Waals surface area contributed by atoms with Crippen LogP contribution in [0.4, 0.5) is 13.2 Å². The maximum atomic E-state index is 13.6. The average Bonchev–Trinajstić information content (AvgIpc) is 3.17. The fraction of sp³-hybridized carbons (Fsp3) is 0.167. The van der Waals surface area contributed by atoms with E-state index in [9.17, 15) is 21.6 Å². The molecule has 0 spiro atoms. The lowest BCUT2D eigenvalue weighted by Crippen LogP contribution is -2.40. The summed E-state index contributed by atoms with van der Waals surface area (Å²) in [6, 6.07) is 19.7. The highest BCUT2D eigenvalue weighted by Crippen LogP contribution is 2.41. The van der Waals surface area contributed by atoms with Crippen molar-refractivity contribution in [2.75, 3.05) is 6.54 Å². The summed E-state index contributed by atoms with van der Waals surface area (Å²) in [5, 5.41) is 0.996. The number of rotatable bonds is 3. The minimum absolute atomic E-state index is 0.150. The lowest BCUT2D eigenvalue weighted by molar-refractivity contribution is -0.137. The van der Waals surface area contributed by atoms with Crippen LogP contribution in [0.15, 0.2) is 83.8 Å². The summed E-state index contributed by atoms with van der Waals surface area (Å²) >= 11 is 0. The summed E-state index contributed by atoms with van der Waals surface area (Å²) in [6.07, 6.45) is -3.96.